The molecule has 0 aliphatic carbocycles. The molecule has 0 fully saturated rings. The molecule has 0 saturated heterocycles. The number of carbonyl (C=O) groups excluding carboxylic acids is 2. The van der Waals surface area contributed by atoms with Crippen molar-refractivity contribution in [3.63, 3.8) is 0 Å². The van der Waals surface area contributed by atoms with Gasteiger partial charge in [0.25, 0.3) is 5.91 Å². The highest BCUT2D eigenvalue weighted by atomic mass is 35.5. The Labute approximate surface area is 160 Å². The predicted octanol–water partition coefficient (Wildman–Crippen LogP) is 2.39. The van der Waals surface area contributed by atoms with Crippen LogP contribution in [0.1, 0.15) is 23.0 Å². The standard InChI is InChI=1S/C18H17ClN6O2/c1-11(26)21-14-4-3-12-5-6-25(23(2)16(12)7-14)18(27)15-8-17-20-9-13(19)10-24(17)22-15/h3-4,7-10H,5-6H2,1-2H3,(H,21,26). The quantitative estimate of drug-likeness (QED) is 0.733. The Morgan fingerprint density at radius 3 is 2.85 bits per heavy atom. The van der Waals surface area contributed by atoms with E-state index in [1.807, 2.05) is 25.2 Å². The normalized spacial score (nSPS) is 13.6. The highest BCUT2D eigenvalue weighted by Gasteiger charge is 2.28. The van der Waals surface area contributed by atoms with E-state index in [4.69, 9.17) is 11.6 Å². The summed E-state index contributed by atoms with van der Waals surface area (Å²) < 4.78 is 1.49. The molecule has 1 aromatic carbocycles. The number of anilines is 2. The van der Waals surface area contributed by atoms with Gasteiger partial charge in [-0.1, -0.05) is 17.7 Å². The van der Waals surface area contributed by atoms with Gasteiger partial charge in [-0.25, -0.2) is 14.5 Å². The fraction of sp³-hybridized carbons (Fsp3) is 0.222. The van der Waals surface area contributed by atoms with Crippen LogP contribution in [-0.2, 0) is 11.2 Å². The number of hydrogen-bond donors (Lipinski definition) is 1. The summed E-state index contributed by atoms with van der Waals surface area (Å²) in [5, 5.41) is 10.9. The van der Waals surface area contributed by atoms with E-state index < -0.39 is 0 Å². The second-order valence-corrected chi connectivity index (χ2v) is 6.77. The van der Waals surface area contributed by atoms with Crippen LogP contribution >= 0.6 is 11.6 Å². The summed E-state index contributed by atoms with van der Waals surface area (Å²) in [6, 6.07) is 7.33. The molecule has 3 aromatic rings. The van der Waals surface area contributed by atoms with Crippen molar-refractivity contribution in [1.29, 1.82) is 0 Å². The molecule has 2 aromatic heterocycles. The van der Waals surface area contributed by atoms with Crippen LogP contribution in [0.25, 0.3) is 5.65 Å². The van der Waals surface area contributed by atoms with Gasteiger partial charge < -0.3 is 5.32 Å². The predicted molar refractivity (Wildman–Crippen MR) is 102 cm³/mol. The minimum Gasteiger partial charge on any atom is -0.326 e. The van der Waals surface area contributed by atoms with Crippen LogP contribution < -0.4 is 10.3 Å². The van der Waals surface area contributed by atoms with Crippen LogP contribution in [0.15, 0.2) is 36.7 Å². The van der Waals surface area contributed by atoms with Gasteiger partial charge in [0.05, 0.1) is 16.9 Å². The second kappa shape index (κ2) is 6.55. The number of amides is 2. The van der Waals surface area contributed by atoms with Crippen LogP contribution in [0, 0.1) is 0 Å². The molecule has 0 bridgehead atoms. The number of nitrogens with one attached hydrogen (secondary N) is 1. The third-order valence-electron chi connectivity index (χ3n) is 4.44. The number of fused-ring (bicyclic) bond motifs is 2. The maximum Gasteiger partial charge on any atom is 0.292 e. The number of carbonyl (C=O) groups is 2. The summed E-state index contributed by atoms with van der Waals surface area (Å²) in [4.78, 5) is 28.5. The number of hydrogen-bond acceptors (Lipinski definition) is 5. The van der Waals surface area contributed by atoms with Gasteiger partial charge in [0.15, 0.2) is 11.3 Å². The zero-order chi connectivity index (χ0) is 19.1. The van der Waals surface area contributed by atoms with Crippen LogP contribution in [0.4, 0.5) is 11.4 Å². The summed E-state index contributed by atoms with van der Waals surface area (Å²) in [5.41, 5.74) is 3.51. The number of halogens is 1. The lowest BCUT2D eigenvalue weighted by molar-refractivity contribution is -0.114. The van der Waals surface area contributed by atoms with Crippen LogP contribution in [0.3, 0.4) is 0 Å². The van der Waals surface area contributed by atoms with E-state index in [-0.39, 0.29) is 17.5 Å². The molecule has 9 heteroatoms. The Bertz CT molecular complexity index is 1060. The number of benzene rings is 1. The molecule has 0 radical (unpaired) electrons. The Balaban J connectivity index is 1.64. The lowest BCUT2D eigenvalue weighted by Crippen LogP contribution is -2.48. The molecular formula is C18H17ClN6O2. The Morgan fingerprint density at radius 2 is 2.07 bits per heavy atom. The molecule has 8 nitrogen and oxygen atoms in total. The van der Waals surface area contributed by atoms with Crippen LogP contribution in [-0.4, -0.2) is 45.0 Å². The van der Waals surface area contributed by atoms with Gasteiger partial charge in [0, 0.05) is 38.5 Å². The van der Waals surface area contributed by atoms with E-state index in [1.54, 1.807) is 22.3 Å². The molecule has 4 rings (SSSR count). The van der Waals surface area contributed by atoms with Gasteiger partial charge >= 0.3 is 0 Å². The number of aromatic nitrogens is 3. The highest BCUT2D eigenvalue weighted by molar-refractivity contribution is 6.30. The third-order valence-corrected chi connectivity index (χ3v) is 4.64. The number of rotatable bonds is 2. The molecule has 1 aliphatic heterocycles. The maximum atomic E-state index is 13.0. The average Bonchev–Trinajstić information content (AvgIpc) is 3.04. The van der Waals surface area contributed by atoms with E-state index in [0.29, 0.717) is 29.3 Å². The fourth-order valence-corrected chi connectivity index (χ4v) is 3.33. The minimum absolute atomic E-state index is 0.141. The molecule has 1 N–H and O–H groups in total. The van der Waals surface area contributed by atoms with Gasteiger partial charge in [-0.15, -0.1) is 0 Å². The molecule has 0 unspecified atom stereocenters. The molecule has 0 atom stereocenters. The zero-order valence-corrected chi connectivity index (χ0v) is 15.6. The van der Waals surface area contributed by atoms with Crippen molar-refractivity contribution in [2.45, 2.75) is 13.3 Å². The monoisotopic (exact) mass is 384 g/mol. The SMILES string of the molecule is CC(=O)Nc1ccc2c(c1)N(C)N(C(=O)c1cc3ncc(Cl)cn3n1)CC2. The molecule has 1 aliphatic rings. The molecule has 0 saturated carbocycles. The summed E-state index contributed by atoms with van der Waals surface area (Å²) in [7, 11) is 1.82. The van der Waals surface area contributed by atoms with Crippen molar-refractivity contribution < 1.29 is 9.59 Å². The number of nitrogens with zero attached hydrogens (tertiary/aromatic N) is 5. The summed E-state index contributed by atoms with van der Waals surface area (Å²) in [6.07, 6.45) is 3.83. The molecule has 3 heterocycles. The molecule has 2 amide bonds. The van der Waals surface area contributed by atoms with Gasteiger partial charge in [-0.2, -0.15) is 5.10 Å². The van der Waals surface area contributed by atoms with Gasteiger partial charge in [-0.05, 0) is 24.1 Å². The first-order chi connectivity index (χ1) is 12.9. The molecule has 27 heavy (non-hydrogen) atoms. The Kier molecular flexibility index (Phi) is 4.19. The maximum absolute atomic E-state index is 13.0. The van der Waals surface area contributed by atoms with Crippen molar-refractivity contribution in [2.24, 2.45) is 0 Å². The Morgan fingerprint density at radius 1 is 1.26 bits per heavy atom. The second-order valence-electron chi connectivity index (χ2n) is 6.33. The number of hydrazine groups is 1. The fourth-order valence-electron chi connectivity index (χ4n) is 3.19. The van der Waals surface area contributed by atoms with Crippen molar-refractivity contribution in [3.8, 4) is 0 Å². The largest absolute Gasteiger partial charge is 0.326 e. The third kappa shape index (κ3) is 3.19. The van der Waals surface area contributed by atoms with E-state index >= 15 is 0 Å². The first-order valence-corrected chi connectivity index (χ1v) is 8.77. The summed E-state index contributed by atoms with van der Waals surface area (Å²) in [6.45, 7) is 1.99. The smallest absolute Gasteiger partial charge is 0.292 e. The topological polar surface area (TPSA) is 82.8 Å². The average molecular weight is 385 g/mol. The molecule has 138 valence electrons. The van der Waals surface area contributed by atoms with Crippen LogP contribution in [0.2, 0.25) is 5.02 Å². The van der Waals surface area contributed by atoms with Gasteiger partial charge in [0.2, 0.25) is 5.91 Å². The zero-order valence-electron chi connectivity index (χ0n) is 14.8. The summed E-state index contributed by atoms with van der Waals surface area (Å²) in [5.74, 6) is -0.369. The first kappa shape index (κ1) is 17.3. The van der Waals surface area contributed by atoms with Crippen molar-refractivity contribution in [2.75, 3.05) is 23.9 Å². The van der Waals surface area contributed by atoms with E-state index in [9.17, 15) is 9.59 Å². The van der Waals surface area contributed by atoms with Crippen molar-refractivity contribution in [1.82, 2.24) is 19.6 Å². The molecule has 0 spiro atoms. The van der Waals surface area contributed by atoms with Gasteiger partial charge in [0.1, 0.15) is 0 Å². The van der Waals surface area contributed by atoms with Crippen molar-refractivity contribution in [3.05, 3.63) is 52.9 Å². The lowest BCUT2D eigenvalue weighted by Gasteiger charge is -2.38. The van der Waals surface area contributed by atoms with E-state index in [0.717, 1.165) is 11.3 Å². The Hall–Kier alpha value is -3.13. The highest BCUT2D eigenvalue weighted by Crippen LogP contribution is 2.30. The van der Waals surface area contributed by atoms with E-state index in [1.165, 1.54) is 17.6 Å². The van der Waals surface area contributed by atoms with E-state index in [2.05, 4.69) is 15.4 Å². The minimum atomic E-state index is -0.227. The van der Waals surface area contributed by atoms with Gasteiger partial charge in [-0.3, -0.25) is 14.6 Å². The summed E-state index contributed by atoms with van der Waals surface area (Å²) >= 11 is 5.93. The molecular weight excluding hydrogens is 368 g/mol. The van der Waals surface area contributed by atoms with Crippen LogP contribution in [0.5, 0.6) is 0 Å². The van der Waals surface area contributed by atoms with Crippen molar-refractivity contribution >= 4 is 40.4 Å². The lowest BCUT2D eigenvalue weighted by atomic mass is 10.1. The first-order valence-electron chi connectivity index (χ1n) is 8.39.